The van der Waals surface area contributed by atoms with Crippen LogP contribution in [0.5, 0.6) is 5.75 Å². The molecule has 0 spiro atoms. The highest BCUT2D eigenvalue weighted by Crippen LogP contribution is 2.65. The fraction of sp³-hybridized carbons (Fsp3) is 0.273. The zero-order valence-electron chi connectivity index (χ0n) is 21.6. The molecule has 1 heterocycles. The van der Waals surface area contributed by atoms with Crippen LogP contribution >= 0.6 is 0 Å². The zero-order chi connectivity index (χ0) is 27.4. The van der Waals surface area contributed by atoms with E-state index < -0.39 is 12.6 Å². The zero-order valence-corrected chi connectivity index (χ0v) is 21.6. The van der Waals surface area contributed by atoms with Crippen molar-refractivity contribution in [3.63, 3.8) is 0 Å². The van der Waals surface area contributed by atoms with E-state index in [1.165, 1.54) is 17.0 Å². The van der Waals surface area contributed by atoms with Gasteiger partial charge >= 0.3 is 5.97 Å². The van der Waals surface area contributed by atoms with Crippen molar-refractivity contribution in [2.45, 2.75) is 13.0 Å². The average molecular weight is 534 g/mol. The van der Waals surface area contributed by atoms with Gasteiger partial charge in [-0.3, -0.25) is 19.3 Å². The number of carbonyl (C=O) groups is 4. The average Bonchev–Trinajstić information content (AvgIpc) is 3.78. The van der Waals surface area contributed by atoms with E-state index in [1.54, 1.807) is 36.4 Å². The summed E-state index contributed by atoms with van der Waals surface area (Å²) in [5.41, 5.74) is 2.14. The number of anilines is 1. The predicted molar refractivity (Wildman–Crippen MR) is 145 cm³/mol. The Balaban J connectivity index is 0.946. The van der Waals surface area contributed by atoms with Gasteiger partial charge in [0, 0.05) is 5.56 Å². The maximum atomic E-state index is 13.3. The van der Waals surface area contributed by atoms with Crippen molar-refractivity contribution in [2.24, 2.45) is 35.5 Å². The number of ketones is 1. The van der Waals surface area contributed by atoms with E-state index in [0.717, 1.165) is 12.0 Å². The molecule has 2 amide bonds. The number of benzene rings is 3. The summed E-state index contributed by atoms with van der Waals surface area (Å²) in [5.74, 6) is 0.212. The number of allylic oxidation sites excluding steroid dienone is 2. The van der Waals surface area contributed by atoms with Crippen molar-refractivity contribution in [2.75, 3.05) is 11.5 Å². The number of amides is 2. The summed E-state index contributed by atoms with van der Waals surface area (Å²) in [6.07, 6.45) is 5.40. The lowest BCUT2D eigenvalue weighted by Gasteiger charge is -2.37. The van der Waals surface area contributed by atoms with Crippen LogP contribution in [0.3, 0.4) is 0 Å². The summed E-state index contributed by atoms with van der Waals surface area (Å²) in [5, 5.41) is 0. The number of rotatable bonds is 8. The third-order valence-corrected chi connectivity index (χ3v) is 8.78. The Hall–Kier alpha value is -4.52. The second kappa shape index (κ2) is 9.59. The minimum absolute atomic E-state index is 0.142. The van der Waals surface area contributed by atoms with Crippen LogP contribution in [0.4, 0.5) is 5.69 Å². The van der Waals surface area contributed by atoms with E-state index >= 15 is 0 Å². The lowest BCUT2D eigenvalue weighted by molar-refractivity contribution is -0.124. The van der Waals surface area contributed by atoms with Crippen LogP contribution in [0.2, 0.25) is 0 Å². The highest BCUT2D eigenvalue weighted by Gasteiger charge is 2.67. The smallest absolute Gasteiger partial charge is 0.338 e. The van der Waals surface area contributed by atoms with Gasteiger partial charge in [-0.2, -0.15) is 0 Å². The van der Waals surface area contributed by atoms with Crippen molar-refractivity contribution in [1.29, 1.82) is 0 Å². The SMILES string of the molecule is O=C(COC(=O)c1ccc(N2C(=O)[C@@H]3[C@H]4C=C[C@@H]([C@@H]5C[C@H]45)[C@H]3C2=O)cc1)c1ccc(OCc2ccccc2)cc1. The standard InChI is InChI=1S/C33H27NO6/c35-28(20-8-12-23(13-9-20)39-17-19-4-2-1-3-5-19)18-40-33(38)21-6-10-22(11-7-21)34-31(36)29-24-14-15-25(27-16-26(24)27)30(29)32(34)37/h1-15,24-27,29-30H,16-18H2/t24-,25-,26-,27+,29+,30+/m0/s1. The van der Waals surface area contributed by atoms with Gasteiger partial charge in [0.25, 0.3) is 0 Å². The normalized spacial score (nSPS) is 27.2. The number of Topliss-reactive ketones (excluding diaryl/α,β-unsaturated/α-hetero) is 1. The van der Waals surface area contributed by atoms with Gasteiger partial charge < -0.3 is 9.47 Å². The van der Waals surface area contributed by atoms with E-state index in [2.05, 4.69) is 12.2 Å². The van der Waals surface area contributed by atoms with Gasteiger partial charge in [-0.05, 0) is 84.2 Å². The summed E-state index contributed by atoms with van der Waals surface area (Å²) >= 11 is 0. The Morgan fingerprint density at radius 2 is 1.35 bits per heavy atom. The molecule has 8 rings (SSSR count). The van der Waals surface area contributed by atoms with Crippen LogP contribution < -0.4 is 9.64 Å². The Kier molecular flexibility index (Phi) is 5.88. The Labute approximate surface area is 231 Å². The molecule has 4 aliphatic carbocycles. The van der Waals surface area contributed by atoms with Crippen LogP contribution in [-0.4, -0.2) is 30.2 Å². The van der Waals surface area contributed by atoms with Crippen LogP contribution in [0.25, 0.3) is 0 Å². The monoisotopic (exact) mass is 533 g/mol. The lowest BCUT2D eigenvalue weighted by atomic mass is 9.63. The summed E-state index contributed by atoms with van der Waals surface area (Å²) in [7, 11) is 0. The number of hydrogen-bond donors (Lipinski definition) is 0. The molecule has 5 aliphatic rings. The van der Waals surface area contributed by atoms with Gasteiger partial charge in [0.2, 0.25) is 11.8 Å². The van der Waals surface area contributed by atoms with Gasteiger partial charge in [-0.25, -0.2) is 4.79 Å². The highest BCUT2D eigenvalue weighted by molar-refractivity contribution is 6.22. The molecule has 0 aromatic heterocycles. The third-order valence-electron chi connectivity index (χ3n) is 8.78. The molecule has 7 heteroatoms. The molecule has 3 aromatic carbocycles. The van der Waals surface area contributed by atoms with Gasteiger partial charge in [0.05, 0.1) is 23.1 Å². The van der Waals surface area contributed by atoms with E-state index in [9.17, 15) is 19.2 Å². The molecule has 1 aliphatic heterocycles. The maximum Gasteiger partial charge on any atom is 0.338 e. The second-order valence-corrected chi connectivity index (χ2v) is 11.0. The minimum Gasteiger partial charge on any atom is -0.489 e. The molecule has 1 saturated heterocycles. The first kappa shape index (κ1) is 24.5. The van der Waals surface area contributed by atoms with Gasteiger partial charge in [0.15, 0.2) is 12.4 Å². The third kappa shape index (κ3) is 4.13. The van der Waals surface area contributed by atoms with Crippen molar-refractivity contribution in [3.05, 3.63) is 108 Å². The number of esters is 1. The number of carbonyl (C=O) groups excluding carboxylic acids is 4. The number of ether oxygens (including phenoxy) is 2. The summed E-state index contributed by atoms with van der Waals surface area (Å²) < 4.78 is 11.0. The lowest BCUT2D eigenvalue weighted by Crippen LogP contribution is -2.40. The van der Waals surface area contributed by atoms with Crippen molar-refractivity contribution < 1.29 is 28.7 Å². The van der Waals surface area contributed by atoms with Gasteiger partial charge in [-0.1, -0.05) is 42.5 Å². The topological polar surface area (TPSA) is 90.0 Å². The Bertz CT molecular complexity index is 1490. The summed E-state index contributed by atoms with van der Waals surface area (Å²) in [4.78, 5) is 53.1. The first-order valence-electron chi connectivity index (χ1n) is 13.6. The number of hydrogen-bond acceptors (Lipinski definition) is 6. The molecule has 6 atom stereocenters. The molecule has 7 nitrogen and oxygen atoms in total. The molecule has 200 valence electrons. The Morgan fingerprint density at radius 1 is 0.750 bits per heavy atom. The summed E-state index contributed by atoms with van der Waals surface area (Å²) in [6, 6.07) is 22.7. The van der Waals surface area contributed by atoms with Gasteiger partial charge in [-0.15, -0.1) is 0 Å². The van der Waals surface area contributed by atoms with E-state index in [1.807, 2.05) is 30.3 Å². The van der Waals surface area contributed by atoms with Gasteiger partial charge in [0.1, 0.15) is 12.4 Å². The molecular formula is C33H27NO6. The number of imide groups is 1. The first-order chi connectivity index (χ1) is 19.5. The van der Waals surface area contributed by atoms with Crippen LogP contribution in [0, 0.1) is 35.5 Å². The van der Waals surface area contributed by atoms with Crippen molar-refractivity contribution in [3.8, 4) is 5.75 Å². The summed E-state index contributed by atoms with van der Waals surface area (Å²) in [6.45, 7) is 0.0142. The highest BCUT2D eigenvalue weighted by atomic mass is 16.5. The Morgan fingerprint density at radius 3 is 1.98 bits per heavy atom. The molecule has 0 unspecified atom stereocenters. The molecular weight excluding hydrogens is 506 g/mol. The predicted octanol–water partition coefficient (Wildman–Crippen LogP) is 4.86. The molecule has 0 N–H and O–H groups in total. The molecule has 40 heavy (non-hydrogen) atoms. The van der Waals surface area contributed by atoms with E-state index in [-0.39, 0.29) is 46.8 Å². The molecule has 3 aromatic rings. The maximum absolute atomic E-state index is 13.3. The molecule has 2 bridgehead atoms. The van der Waals surface area contributed by atoms with E-state index in [0.29, 0.717) is 35.4 Å². The fourth-order valence-electron chi connectivity index (χ4n) is 6.73. The quantitative estimate of drug-likeness (QED) is 0.178. The van der Waals surface area contributed by atoms with Crippen LogP contribution in [0.1, 0.15) is 32.7 Å². The number of nitrogens with zero attached hydrogens (tertiary/aromatic N) is 1. The van der Waals surface area contributed by atoms with Crippen molar-refractivity contribution >= 4 is 29.3 Å². The van der Waals surface area contributed by atoms with E-state index in [4.69, 9.17) is 9.47 Å². The van der Waals surface area contributed by atoms with Crippen LogP contribution in [0.15, 0.2) is 91.0 Å². The largest absolute Gasteiger partial charge is 0.489 e. The van der Waals surface area contributed by atoms with Crippen LogP contribution in [-0.2, 0) is 20.9 Å². The minimum atomic E-state index is -0.655. The fourth-order valence-corrected chi connectivity index (χ4v) is 6.73. The second-order valence-electron chi connectivity index (χ2n) is 11.0. The first-order valence-corrected chi connectivity index (χ1v) is 13.6. The van der Waals surface area contributed by atoms with Crippen molar-refractivity contribution in [1.82, 2.24) is 0 Å². The molecule has 2 saturated carbocycles. The molecule has 0 radical (unpaired) electrons. The molecule has 3 fully saturated rings.